The average molecular weight is 237 g/mol. The summed E-state index contributed by atoms with van der Waals surface area (Å²) >= 11 is 1.49. The molecule has 0 amide bonds. The van der Waals surface area contributed by atoms with Gasteiger partial charge in [-0.1, -0.05) is 54.6 Å². The molecule has 1 aromatic heterocycles. The van der Waals surface area contributed by atoms with Crippen molar-refractivity contribution in [2.75, 3.05) is 0 Å². The topological polar surface area (TPSA) is 12.9 Å². The SMILES string of the molecule is c1ccc(-c2ccccc2-c2ccsn2)cc1. The smallest absolute Gasteiger partial charge is 0.0846 e. The first-order chi connectivity index (χ1) is 8.45. The second kappa shape index (κ2) is 4.52. The van der Waals surface area contributed by atoms with Crippen LogP contribution < -0.4 is 0 Å². The first-order valence-corrected chi connectivity index (χ1v) is 6.34. The fourth-order valence-corrected chi connectivity index (χ4v) is 2.45. The van der Waals surface area contributed by atoms with E-state index in [9.17, 15) is 0 Å². The third-order valence-corrected chi connectivity index (χ3v) is 3.29. The second-order valence-corrected chi connectivity index (χ2v) is 4.46. The van der Waals surface area contributed by atoms with Crippen LogP contribution in [-0.4, -0.2) is 4.37 Å². The normalized spacial score (nSPS) is 10.4. The van der Waals surface area contributed by atoms with Crippen molar-refractivity contribution in [3.05, 3.63) is 66.0 Å². The van der Waals surface area contributed by atoms with Crippen molar-refractivity contribution in [3.8, 4) is 22.4 Å². The van der Waals surface area contributed by atoms with Crippen LogP contribution in [0, 0.1) is 0 Å². The summed E-state index contributed by atoms with van der Waals surface area (Å²) in [7, 11) is 0. The zero-order valence-corrected chi connectivity index (χ0v) is 10.0. The summed E-state index contributed by atoms with van der Waals surface area (Å²) in [6, 6.07) is 20.9. The van der Waals surface area contributed by atoms with Gasteiger partial charge in [-0.15, -0.1) is 0 Å². The average Bonchev–Trinajstić information content (AvgIpc) is 2.94. The van der Waals surface area contributed by atoms with Gasteiger partial charge in [-0.2, -0.15) is 4.37 Å². The van der Waals surface area contributed by atoms with E-state index in [4.69, 9.17) is 0 Å². The monoisotopic (exact) mass is 237 g/mol. The Balaban J connectivity index is 2.18. The number of nitrogens with zero attached hydrogens (tertiary/aromatic N) is 1. The predicted octanol–water partition coefficient (Wildman–Crippen LogP) is 4.48. The Hall–Kier alpha value is -1.93. The third-order valence-electron chi connectivity index (χ3n) is 2.73. The van der Waals surface area contributed by atoms with Crippen molar-refractivity contribution in [2.45, 2.75) is 0 Å². The molecular weight excluding hydrogens is 226 g/mol. The van der Waals surface area contributed by atoms with E-state index in [1.165, 1.54) is 28.2 Å². The summed E-state index contributed by atoms with van der Waals surface area (Å²) in [6.07, 6.45) is 0. The van der Waals surface area contributed by atoms with Crippen LogP contribution in [0.2, 0.25) is 0 Å². The van der Waals surface area contributed by atoms with E-state index in [1.807, 2.05) is 11.4 Å². The minimum Gasteiger partial charge on any atom is -0.193 e. The summed E-state index contributed by atoms with van der Waals surface area (Å²) < 4.78 is 4.41. The molecule has 0 saturated carbocycles. The van der Waals surface area contributed by atoms with Gasteiger partial charge in [0.05, 0.1) is 5.69 Å². The van der Waals surface area contributed by atoms with Crippen molar-refractivity contribution >= 4 is 11.5 Å². The van der Waals surface area contributed by atoms with Gasteiger partial charge in [0.1, 0.15) is 0 Å². The van der Waals surface area contributed by atoms with Crippen molar-refractivity contribution in [1.82, 2.24) is 4.37 Å². The molecule has 3 aromatic rings. The molecule has 0 N–H and O–H groups in total. The van der Waals surface area contributed by atoms with E-state index < -0.39 is 0 Å². The molecule has 0 saturated heterocycles. The molecule has 0 fully saturated rings. The molecule has 1 nitrogen and oxygen atoms in total. The molecule has 0 aliphatic heterocycles. The Labute approximate surface area is 105 Å². The van der Waals surface area contributed by atoms with Crippen molar-refractivity contribution in [1.29, 1.82) is 0 Å². The van der Waals surface area contributed by atoms with Gasteiger partial charge < -0.3 is 0 Å². The lowest BCUT2D eigenvalue weighted by molar-refractivity contribution is 1.51. The summed E-state index contributed by atoms with van der Waals surface area (Å²) in [6.45, 7) is 0. The summed E-state index contributed by atoms with van der Waals surface area (Å²) in [5, 5.41) is 2.01. The van der Waals surface area contributed by atoms with Gasteiger partial charge in [0.25, 0.3) is 0 Å². The number of benzene rings is 2. The van der Waals surface area contributed by atoms with E-state index in [-0.39, 0.29) is 0 Å². The van der Waals surface area contributed by atoms with Crippen molar-refractivity contribution in [2.24, 2.45) is 0 Å². The zero-order valence-electron chi connectivity index (χ0n) is 9.21. The molecule has 0 radical (unpaired) electrons. The summed E-state index contributed by atoms with van der Waals surface area (Å²) in [5.41, 5.74) is 4.71. The maximum atomic E-state index is 4.41. The van der Waals surface area contributed by atoms with E-state index in [0.29, 0.717) is 0 Å². The predicted molar refractivity (Wildman–Crippen MR) is 73.0 cm³/mol. The fourth-order valence-electron chi connectivity index (χ4n) is 1.93. The number of hydrogen-bond acceptors (Lipinski definition) is 2. The Morgan fingerprint density at radius 3 is 2.12 bits per heavy atom. The van der Waals surface area contributed by atoms with E-state index in [1.54, 1.807) is 0 Å². The zero-order chi connectivity index (χ0) is 11.5. The van der Waals surface area contributed by atoms with Crippen LogP contribution in [0.4, 0.5) is 0 Å². The van der Waals surface area contributed by atoms with Crippen molar-refractivity contribution in [3.63, 3.8) is 0 Å². The molecule has 3 rings (SSSR count). The van der Waals surface area contributed by atoms with Gasteiger partial charge in [0, 0.05) is 10.9 Å². The highest BCUT2D eigenvalue weighted by Gasteiger charge is 2.07. The Bertz CT molecular complexity index is 600. The van der Waals surface area contributed by atoms with E-state index in [2.05, 4.69) is 59.0 Å². The minimum absolute atomic E-state index is 1.05. The molecule has 0 aliphatic rings. The van der Waals surface area contributed by atoms with Crippen molar-refractivity contribution < 1.29 is 0 Å². The lowest BCUT2D eigenvalue weighted by Crippen LogP contribution is -1.83. The molecule has 1 heterocycles. The van der Waals surface area contributed by atoms with Gasteiger partial charge in [-0.05, 0) is 28.7 Å². The van der Waals surface area contributed by atoms with Gasteiger partial charge >= 0.3 is 0 Å². The molecule has 0 spiro atoms. The molecule has 0 aliphatic carbocycles. The van der Waals surface area contributed by atoms with Crippen LogP contribution in [0.25, 0.3) is 22.4 Å². The standard InChI is InChI=1S/C15H11NS/c1-2-6-12(7-3-1)13-8-4-5-9-14(13)15-10-11-17-16-15/h1-11H. The number of rotatable bonds is 2. The quantitative estimate of drug-likeness (QED) is 0.640. The van der Waals surface area contributed by atoms with Crippen LogP contribution in [0.3, 0.4) is 0 Å². The minimum atomic E-state index is 1.05. The molecule has 17 heavy (non-hydrogen) atoms. The van der Waals surface area contributed by atoms with Crippen LogP contribution in [0.15, 0.2) is 66.0 Å². The largest absolute Gasteiger partial charge is 0.193 e. The second-order valence-electron chi connectivity index (χ2n) is 3.80. The summed E-state index contributed by atoms with van der Waals surface area (Å²) in [5.74, 6) is 0. The van der Waals surface area contributed by atoms with Gasteiger partial charge in [0.15, 0.2) is 0 Å². The molecular formula is C15H11NS. The highest BCUT2D eigenvalue weighted by Crippen LogP contribution is 2.31. The van der Waals surface area contributed by atoms with Crippen LogP contribution in [-0.2, 0) is 0 Å². The maximum absolute atomic E-state index is 4.41. The first-order valence-electron chi connectivity index (χ1n) is 5.50. The molecule has 0 atom stereocenters. The van der Waals surface area contributed by atoms with Crippen LogP contribution in [0.5, 0.6) is 0 Å². The summed E-state index contributed by atoms with van der Waals surface area (Å²) in [4.78, 5) is 0. The Kier molecular flexibility index (Phi) is 2.72. The Morgan fingerprint density at radius 2 is 1.41 bits per heavy atom. The third kappa shape index (κ3) is 1.99. The Morgan fingerprint density at radius 1 is 0.706 bits per heavy atom. The molecule has 0 unspecified atom stereocenters. The van der Waals surface area contributed by atoms with Gasteiger partial charge in [0.2, 0.25) is 0 Å². The lowest BCUT2D eigenvalue weighted by atomic mass is 9.98. The van der Waals surface area contributed by atoms with Crippen LogP contribution >= 0.6 is 11.5 Å². The number of aromatic nitrogens is 1. The maximum Gasteiger partial charge on any atom is 0.0846 e. The lowest BCUT2D eigenvalue weighted by Gasteiger charge is -2.07. The highest BCUT2D eigenvalue weighted by atomic mass is 32.1. The molecule has 2 heteroatoms. The highest BCUT2D eigenvalue weighted by molar-refractivity contribution is 7.03. The molecule has 2 aromatic carbocycles. The van der Waals surface area contributed by atoms with Gasteiger partial charge in [-0.25, -0.2) is 0 Å². The molecule has 0 bridgehead atoms. The van der Waals surface area contributed by atoms with E-state index in [0.717, 1.165) is 5.69 Å². The van der Waals surface area contributed by atoms with E-state index >= 15 is 0 Å². The van der Waals surface area contributed by atoms with Gasteiger partial charge in [-0.3, -0.25) is 0 Å². The number of hydrogen-bond donors (Lipinski definition) is 0. The molecule has 82 valence electrons. The fraction of sp³-hybridized carbons (Fsp3) is 0. The first kappa shape index (κ1) is 10.2. The van der Waals surface area contributed by atoms with Crippen LogP contribution in [0.1, 0.15) is 0 Å².